The lowest BCUT2D eigenvalue weighted by Gasteiger charge is -2.08. The maximum Gasteiger partial charge on any atom is 0.337 e. The van der Waals surface area contributed by atoms with Gasteiger partial charge in [0.1, 0.15) is 0 Å². The zero-order valence-corrected chi connectivity index (χ0v) is 13.4. The van der Waals surface area contributed by atoms with E-state index in [0.717, 1.165) is 17.9 Å². The van der Waals surface area contributed by atoms with Crippen LogP contribution in [0.3, 0.4) is 0 Å². The number of carboxylic acid groups (broad SMARTS) is 1. The van der Waals surface area contributed by atoms with E-state index in [2.05, 4.69) is 9.88 Å². The molecule has 0 saturated heterocycles. The van der Waals surface area contributed by atoms with Gasteiger partial charge in [0.25, 0.3) is 5.91 Å². The molecule has 2 N–H and O–H groups in total. The Labute approximate surface area is 133 Å². The quantitative estimate of drug-likeness (QED) is 0.901. The predicted octanol–water partition coefficient (Wildman–Crippen LogP) is 3.73. The van der Waals surface area contributed by atoms with E-state index in [9.17, 15) is 9.59 Å². The molecule has 0 unspecified atom stereocenters. The molecule has 1 aromatic heterocycles. The monoisotopic (exact) mass is 320 g/mol. The van der Waals surface area contributed by atoms with E-state index in [-0.39, 0.29) is 16.5 Å². The highest BCUT2D eigenvalue weighted by Crippen LogP contribution is 2.22. The second kappa shape index (κ2) is 6.23. The van der Waals surface area contributed by atoms with Crippen LogP contribution in [0.1, 0.15) is 39.0 Å². The fraction of sp³-hybridized carbons (Fsp3) is 0.250. The van der Waals surface area contributed by atoms with Gasteiger partial charge in [0.15, 0.2) is 0 Å². The zero-order chi connectivity index (χ0) is 16.4. The van der Waals surface area contributed by atoms with Gasteiger partial charge in [-0.2, -0.15) is 0 Å². The SMILES string of the molecule is CCn1c(C)cc(C(=O)Nc2ccc(C(=O)O)c(Cl)c2)c1C. The molecule has 116 valence electrons. The van der Waals surface area contributed by atoms with Crippen molar-refractivity contribution in [2.24, 2.45) is 0 Å². The third-order valence-corrected chi connectivity index (χ3v) is 3.90. The number of amides is 1. The number of carbonyl (C=O) groups is 2. The van der Waals surface area contributed by atoms with Gasteiger partial charge in [-0.3, -0.25) is 4.79 Å². The van der Waals surface area contributed by atoms with Crippen molar-refractivity contribution in [2.45, 2.75) is 27.3 Å². The molecular weight excluding hydrogens is 304 g/mol. The van der Waals surface area contributed by atoms with E-state index >= 15 is 0 Å². The van der Waals surface area contributed by atoms with Crippen molar-refractivity contribution in [2.75, 3.05) is 5.32 Å². The van der Waals surface area contributed by atoms with Gasteiger partial charge in [0, 0.05) is 23.6 Å². The number of aromatic carboxylic acids is 1. The summed E-state index contributed by atoms with van der Waals surface area (Å²) in [5.41, 5.74) is 2.97. The van der Waals surface area contributed by atoms with Crippen LogP contribution in [-0.4, -0.2) is 21.6 Å². The van der Waals surface area contributed by atoms with Crippen molar-refractivity contribution in [3.05, 3.63) is 51.8 Å². The van der Waals surface area contributed by atoms with Crippen molar-refractivity contribution >= 4 is 29.2 Å². The summed E-state index contributed by atoms with van der Waals surface area (Å²) in [6, 6.07) is 6.16. The van der Waals surface area contributed by atoms with E-state index in [0.29, 0.717) is 11.3 Å². The summed E-state index contributed by atoms with van der Waals surface area (Å²) in [6.45, 7) is 6.66. The highest BCUT2D eigenvalue weighted by molar-refractivity contribution is 6.33. The second-order valence-corrected chi connectivity index (χ2v) is 5.39. The summed E-state index contributed by atoms with van der Waals surface area (Å²) in [5.74, 6) is -1.35. The molecule has 22 heavy (non-hydrogen) atoms. The molecule has 6 heteroatoms. The van der Waals surface area contributed by atoms with Crippen LogP contribution in [0.4, 0.5) is 5.69 Å². The molecular formula is C16H17ClN2O3. The first kappa shape index (κ1) is 16.1. The van der Waals surface area contributed by atoms with Crippen LogP contribution in [0.15, 0.2) is 24.3 Å². The fourth-order valence-corrected chi connectivity index (χ4v) is 2.74. The number of carboxylic acids is 1. The van der Waals surface area contributed by atoms with Gasteiger partial charge in [-0.05, 0) is 45.0 Å². The molecule has 2 rings (SSSR count). The topological polar surface area (TPSA) is 71.3 Å². The van der Waals surface area contributed by atoms with Gasteiger partial charge < -0.3 is 15.0 Å². The summed E-state index contributed by atoms with van der Waals surface area (Å²) in [7, 11) is 0. The average Bonchev–Trinajstić information content (AvgIpc) is 2.73. The van der Waals surface area contributed by atoms with Crippen molar-refractivity contribution in [1.82, 2.24) is 4.57 Å². The molecule has 0 aliphatic heterocycles. The molecule has 0 aliphatic carbocycles. The Kier molecular flexibility index (Phi) is 4.56. The third-order valence-electron chi connectivity index (χ3n) is 3.59. The van der Waals surface area contributed by atoms with Crippen molar-refractivity contribution in [3.63, 3.8) is 0 Å². The van der Waals surface area contributed by atoms with E-state index in [1.165, 1.54) is 18.2 Å². The Morgan fingerprint density at radius 2 is 1.91 bits per heavy atom. The van der Waals surface area contributed by atoms with Crippen LogP contribution in [0.25, 0.3) is 0 Å². The van der Waals surface area contributed by atoms with E-state index in [4.69, 9.17) is 16.7 Å². The number of carbonyl (C=O) groups excluding carboxylic acids is 1. The Hall–Kier alpha value is -2.27. The lowest BCUT2D eigenvalue weighted by atomic mass is 10.2. The predicted molar refractivity (Wildman–Crippen MR) is 85.9 cm³/mol. The summed E-state index contributed by atoms with van der Waals surface area (Å²) >= 11 is 5.90. The molecule has 0 spiro atoms. The first-order valence-corrected chi connectivity index (χ1v) is 7.23. The third kappa shape index (κ3) is 2.99. The first-order valence-electron chi connectivity index (χ1n) is 6.86. The van der Waals surface area contributed by atoms with Crippen LogP contribution in [0.5, 0.6) is 0 Å². The van der Waals surface area contributed by atoms with Gasteiger partial charge in [-0.15, -0.1) is 0 Å². The van der Waals surface area contributed by atoms with Gasteiger partial charge in [0.2, 0.25) is 0 Å². The highest BCUT2D eigenvalue weighted by atomic mass is 35.5. The number of aryl methyl sites for hydroxylation is 1. The second-order valence-electron chi connectivity index (χ2n) is 4.98. The van der Waals surface area contributed by atoms with Crippen molar-refractivity contribution in [1.29, 1.82) is 0 Å². The molecule has 0 bridgehead atoms. The lowest BCUT2D eigenvalue weighted by molar-refractivity contribution is 0.0697. The highest BCUT2D eigenvalue weighted by Gasteiger charge is 2.16. The number of hydrogen-bond acceptors (Lipinski definition) is 2. The van der Waals surface area contributed by atoms with Crippen LogP contribution in [0, 0.1) is 13.8 Å². The van der Waals surface area contributed by atoms with E-state index in [1.807, 2.05) is 26.8 Å². The summed E-state index contributed by atoms with van der Waals surface area (Å²) < 4.78 is 2.05. The Balaban J connectivity index is 2.26. The Bertz CT molecular complexity index is 750. The molecule has 0 radical (unpaired) electrons. The molecule has 0 aliphatic rings. The van der Waals surface area contributed by atoms with Gasteiger partial charge >= 0.3 is 5.97 Å². The first-order chi connectivity index (χ1) is 10.3. The normalized spacial score (nSPS) is 10.5. The summed E-state index contributed by atoms with van der Waals surface area (Å²) in [5, 5.41) is 11.8. The van der Waals surface area contributed by atoms with Crippen molar-refractivity contribution < 1.29 is 14.7 Å². The number of aromatic nitrogens is 1. The van der Waals surface area contributed by atoms with E-state index in [1.54, 1.807) is 0 Å². The zero-order valence-electron chi connectivity index (χ0n) is 12.6. The van der Waals surface area contributed by atoms with Crippen LogP contribution >= 0.6 is 11.6 Å². The van der Waals surface area contributed by atoms with Gasteiger partial charge in [0.05, 0.1) is 16.1 Å². The van der Waals surface area contributed by atoms with Crippen molar-refractivity contribution in [3.8, 4) is 0 Å². The largest absolute Gasteiger partial charge is 0.478 e. The minimum Gasteiger partial charge on any atom is -0.478 e. The standard InChI is InChI=1S/C16H17ClN2O3/c1-4-19-9(2)7-13(10(19)3)15(20)18-11-5-6-12(16(21)22)14(17)8-11/h5-8H,4H2,1-3H3,(H,18,20)(H,21,22). The smallest absolute Gasteiger partial charge is 0.337 e. The molecule has 0 fully saturated rings. The molecule has 1 heterocycles. The lowest BCUT2D eigenvalue weighted by Crippen LogP contribution is -2.13. The molecule has 1 aromatic carbocycles. The maximum atomic E-state index is 12.4. The Morgan fingerprint density at radius 1 is 1.23 bits per heavy atom. The molecule has 1 amide bonds. The maximum absolute atomic E-state index is 12.4. The van der Waals surface area contributed by atoms with Crippen LogP contribution in [0.2, 0.25) is 5.02 Å². The summed E-state index contributed by atoms with van der Waals surface area (Å²) in [6.07, 6.45) is 0. The number of halogens is 1. The van der Waals surface area contributed by atoms with Gasteiger partial charge in [-0.25, -0.2) is 4.79 Å². The number of anilines is 1. The van der Waals surface area contributed by atoms with Crippen LogP contribution < -0.4 is 5.32 Å². The number of benzene rings is 1. The van der Waals surface area contributed by atoms with Gasteiger partial charge in [-0.1, -0.05) is 11.6 Å². The minimum absolute atomic E-state index is 0.00354. The fourth-order valence-electron chi connectivity index (χ4n) is 2.48. The van der Waals surface area contributed by atoms with E-state index < -0.39 is 5.97 Å². The average molecular weight is 321 g/mol. The number of nitrogens with one attached hydrogen (secondary N) is 1. The van der Waals surface area contributed by atoms with Crippen LogP contribution in [-0.2, 0) is 6.54 Å². The number of hydrogen-bond donors (Lipinski definition) is 2. The molecule has 2 aromatic rings. The molecule has 5 nitrogen and oxygen atoms in total. The molecule has 0 atom stereocenters. The Morgan fingerprint density at radius 3 is 2.41 bits per heavy atom. The number of rotatable bonds is 4. The summed E-state index contributed by atoms with van der Waals surface area (Å²) in [4.78, 5) is 23.3. The molecule has 0 saturated carbocycles. The minimum atomic E-state index is -1.10. The number of nitrogens with zero attached hydrogens (tertiary/aromatic N) is 1.